The first-order chi connectivity index (χ1) is 8.43. The van der Waals surface area contributed by atoms with Gasteiger partial charge in [-0.1, -0.05) is 11.6 Å². The van der Waals surface area contributed by atoms with Gasteiger partial charge in [-0.15, -0.1) is 0 Å². The number of hydrogen-bond donors (Lipinski definition) is 0. The molecule has 0 atom stereocenters. The topological polar surface area (TPSA) is 0 Å². The van der Waals surface area contributed by atoms with Crippen LogP contribution in [0.15, 0.2) is 0 Å². The van der Waals surface area contributed by atoms with Crippen molar-refractivity contribution >= 4 is 11.6 Å². The molecule has 1 saturated carbocycles. The highest BCUT2D eigenvalue weighted by Crippen LogP contribution is 2.75. The van der Waals surface area contributed by atoms with Crippen molar-refractivity contribution in [3.63, 3.8) is 0 Å². The van der Waals surface area contributed by atoms with Crippen LogP contribution in [0, 0.1) is 29.1 Å². The minimum absolute atomic E-state index is 2.44. The Balaban J connectivity index is 2.81. The first kappa shape index (κ1) is 14.3. The monoisotopic (exact) mass is 314 g/mol. The molecule has 1 aromatic rings. The zero-order chi connectivity index (χ0) is 15.0. The van der Waals surface area contributed by atoms with Crippen LogP contribution in [0.3, 0.4) is 0 Å². The first-order valence-electron chi connectivity index (χ1n) is 4.39. The van der Waals surface area contributed by atoms with Gasteiger partial charge >= 0.3 is 11.8 Å². The molecule has 10 heteroatoms. The van der Waals surface area contributed by atoms with Gasteiger partial charge in [-0.25, -0.2) is 22.0 Å². The zero-order valence-corrected chi connectivity index (χ0v) is 9.04. The standard InChI is InChI=1S/C9ClF9/c10-7(8(16,17)9(7,18)19)1-2(11)4(13)6(15)5(14)3(1)12. The van der Waals surface area contributed by atoms with E-state index in [1.165, 1.54) is 0 Å². The molecule has 1 aliphatic carbocycles. The van der Waals surface area contributed by atoms with Crippen LogP contribution in [0.1, 0.15) is 5.56 Å². The van der Waals surface area contributed by atoms with Gasteiger partial charge in [0.2, 0.25) is 10.7 Å². The van der Waals surface area contributed by atoms with Gasteiger partial charge in [0.1, 0.15) is 0 Å². The van der Waals surface area contributed by atoms with Gasteiger partial charge in [0.15, 0.2) is 23.3 Å². The first-order valence-corrected chi connectivity index (χ1v) is 4.77. The lowest BCUT2D eigenvalue weighted by Gasteiger charge is -2.11. The Bertz CT molecular complexity index is 537. The van der Waals surface area contributed by atoms with Gasteiger partial charge in [-0.3, -0.25) is 0 Å². The summed E-state index contributed by atoms with van der Waals surface area (Å²) in [6, 6.07) is 0. The van der Waals surface area contributed by atoms with Crippen LogP contribution < -0.4 is 0 Å². The molecule has 2 rings (SSSR count). The third-order valence-electron chi connectivity index (χ3n) is 2.75. The summed E-state index contributed by atoms with van der Waals surface area (Å²) in [6.45, 7) is 0. The van der Waals surface area contributed by atoms with Crippen LogP contribution in [0.5, 0.6) is 0 Å². The average Bonchev–Trinajstić information content (AvgIpc) is 2.62. The van der Waals surface area contributed by atoms with Crippen LogP contribution in [-0.4, -0.2) is 11.8 Å². The molecule has 0 nitrogen and oxygen atoms in total. The maximum absolute atomic E-state index is 13.2. The van der Waals surface area contributed by atoms with Crippen molar-refractivity contribution in [2.75, 3.05) is 0 Å². The Labute approximate surface area is 103 Å². The lowest BCUT2D eigenvalue weighted by molar-refractivity contribution is -0.0278. The second-order valence-corrected chi connectivity index (χ2v) is 4.32. The largest absolute Gasteiger partial charge is 0.341 e. The third-order valence-corrected chi connectivity index (χ3v) is 3.42. The maximum Gasteiger partial charge on any atom is 0.341 e. The Hall–Kier alpha value is -1.12. The Morgan fingerprint density at radius 1 is 0.579 bits per heavy atom. The summed E-state index contributed by atoms with van der Waals surface area (Å²) in [5, 5.41) is 0. The summed E-state index contributed by atoms with van der Waals surface area (Å²) in [4.78, 5) is -4.30. The van der Waals surface area contributed by atoms with Gasteiger partial charge in [-0.2, -0.15) is 17.6 Å². The lowest BCUT2D eigenvalue weighted by Crippen LogP contribution is -2.19. The molecule has 0 amide bonds. The molecular weight excluding hydrogens is 315 g/mol. The molecule has 0 unspecified atom stereocenters. The van der Waals surface area contributed by atoms with Gasteiger partial charge < -0.3 is 0 Å². The van der Waals surface area contributed by atoms with Crippen LogP contribution in [0.2, 0.25) is 0 Å². The molecule has 19 heavy (non-hydrogen) atoms. The van der Waals surface area contributed by atoms with Crippen molar-refractivity contribution in [3.05, 3.63) is 34.6 Å². The van der Waals surface area contributed by atoms with E-state index >= 15 is 0 Å². The number of benzene rings is 1. The maximum atomic E-state index is 13.2. The fourth-order valence-electron chi connectivity index (χ4n) is 1.61. The SMILES string of the molecule is Fc1c(F)c(F)c(C2(Cl)C(F)(F)C2(F)F)c(F)c1F. The lowest BCUT2D eigenvalue weighted by atomic mass is 10.1. The van der Waals surface area contributed by atoms with E-state index in [2.05, 4.69) is 0 Å². The van der Waals surface area contributed by atoms with E-state index in [0.29, 0.717) is 0 Å². The van der Waals surface area contributed by atoms with Crippen molar-refractivity contribution < 1.29 is 39.5 Å². The smallest absolute Gasteiger partial charge is 0.203 e. The predicted octanol–water partition coefficient (Wildman–Crippen LogP) is 4.10. The minimum atomic E-state index is -5.14. The van der Waals surface area contributed by atoms with Gasteiger partial charge in [-0.05, 0) is 0 Å². The van der Waals surface area contributed by atoms with E-state index in [-0.39, 0.29) is 0 Å². The molecule has 1 fully saturated rings. The molecule has 0 bridgehead atoms. The quantitative estimate of drug-likeness (QED) is 0.317. The van der Waals surface area contributed by atoms with Crippen molar-refractivity contribution in [2.45, 2.75) is 16.7 Å². The van der Waals surface area contributed by atoms with E-state index < -0.39 is 51.4 Å². The Morgan fingerprint density at radius 2 is 0.842 bits per heavy atom. The fourth-order valence-corrected chi connectivity index (χ4v) is 1.96. The number of hydrogen-bond acceptors (Lipinski definition) is 0. The van der Waals surface area contributed by atoms with E-state index in [1.807, 2.05) is 0 Å². The zero-order valence-electron chi connectivity index (χ0n) is 8.28. The molecule has 0 heterocycles. The van der Waals surface area contributed by atoms with Gasteiger partial charge in [0.05, 0.1) is 5.56 Å². The molecule has 0 saturated heterocycles. The van der Waals surface area contributed by atoms with E-state index in [0.717, 1.165) is 0 Å². The summed E-state index contributed by atoms with van der Waals surface area (Å²) in [5.41, 5.74) is -2.44. The van der Waals surface area contributed by atoms with Crippen molar-refractivity contribution in [1.29, 1.82) is 0 Å². The predicted molar refractivity (Wildman–Crippen MR) is 43.7 cm³/mol. The van der Waals surface area contributed by atoms with Crippen molar-refractivity contribution in [1.82, 2.24) is 0 Å². The number of rotatable bonds is 1. The fraction of sp³-hybridized carbons (Fsp3) is 0.333. The normalized spacial score (nSPS) is 22.4. The van der Waals surface area contributed by atoms with Crippen LogP contribution in [0.25, 0.3) is 0 Å². The second-order valence-electron chi connectivity index (χ2n) is 3.75. The van der Waals surface area contributed by atoms with E-state index in [4.69, 9.17) is 11.6 Å². The second kappa shape index (κ2) is 3.50. The van der Waals surface area contributed by atoms with Gasteiger partial charge in [0, 0.05) is 0 Å². The average molecular weight is 315 g/mol. The molecule has 0 radical (unpaired) electrons. The molecule has 0 N–H and O–H groups in total. The summed E-state index contributed by atoms with van der Waals surface area (Å²) >= 11 is 4.72. The Morgan fingerprint density at radius 3 is 1.11 bits per heavy atom. The van der Waals surface area contributed by atoms with E-state index in [9.17, 15) is 39.5 Å². The third kappa shape index (κ3) is 1.29. The molecular formula is C9ClF9. The minimum Gasteiger partial charge on any atom is -0.203 e. The number of alkyl halides is 5. The van der Waals surface area contributed by atoms with Gasteiger partial charge in [0.25, 0.3) is 0 Å². The molecule has 106 valence electrons. The number of halogens is 10. The Kier molecular flexibility index (Phi) is 2.63. The molecule has 0 aliphatic heterocycles. The summed E-state index contributed by atoms with van der Waals surface area (Å²) in [7, 11) is 0. The highest BCUT2D eigenvalue weighted by atomic mass is 35.5. The summed E-state index contributed by atoms with van der Waals surface area (Å²) in [6.07, 6.45) is 0. The van der Waals surface area contributed by atoms with Crippen molar-refractivity contribution in [2.24, 2.45) is 0 Å². The molecule has 1 aliphatic rings. The van der Waals surface area contributed by atoms with Crippen LogP contribution >= 0.6 is 11.6 Å². The summed E-state index contributed by atoms with van der Waals surface area (Å²) < 4.78 is 116. The summed E-state index contributed by atoms with van der Waals surface area (Å²) in [5.74, 6) is -23.8. The van der Waals surface area contributed by atoms with Crippen LogP contribution in [-0.2, 0) is 4.87 Å². The van der Waals surface area contributed by atoms with E-state index in [1.54, 1.807) is 0 Å². The highest BCUT2D eigenvalue weighted by Gasteiger charge is 2.98. The van der Waals surface area contributed by atoms with Crippen LogP contribution in [0.4, 0.5) is 39.5 Å². The molecule has 0 spiro atoms. The molecule has 0 aromatic heterocycles. The highest BCUT2D eigenvalue weighted by molar-refractivity contribution is 6.28. The van der Waals surface area contributed by atoms with Crippen molar-refractivity contribution in [3.8, 4) is 0 Å². The molecule has 1 aromatic carbocycles.